The normalized spacial score (nSPS) is 15.7. The number of rotatable bonds is 14. The molecule has 16 nitrogen and oxygen atoms in total. The Morgan fingerprint density at radius 1 is 0.678 bits per heavy atom. The molecule has 300 valence electrons. The smallest absolute Gasteiger partial charge is 0.234 e. The standard InChI is InChI=1S/C41H40N12O4S2/c1-3-56-32-11-7-5-9-30(32)36-48-38(44)52-40(50-36)58-22-34(54)46-28-15-13-24(26(18-28)20-42)17-25-14-16-29(19-27(25)21-43)47-35(55)23-59-41-51-37(49-39(45)53-41)31-10-6-8-12-33(31)57-4-2/h5-16,18-19,36-37H,3-4,17,22-23H2,1-2H3,(H,46,54)(H,47,55)(H3,44,48,50,52)(H3,45,49,51,53)/t36-,37-/m0/s1. The molecule has 0 spiro atoms. The highest BCUT2D eigenvalue weighted by Crippen LogP contribution is 2.32. The minimum Gasteiger partial charge on any atom is -0.493 e. The van der Waals surface area contributed by atoms with Crippen molar-refractivity contribution in [1.29, 1.82) is 10.5 Å². The van der Waals surface area contributed by atoms with Crippen molar-refractivity contribution in [2.75, 3.05) is 35.4 Å². The van der Waals surface area contributed by atoms with E-state index in [1.807, 2.05) is 62.4 Å². The Hall–Kier alpha value is -7.02. The molecule has 0 unspecified atom stereocenters. The Balaban J connectivity index is 1.03. The van der Waals surface area contributed by atoms with Gasteiger partial charge in [0.1, 0.15) is 11.5 Å². The topological polar surface area (TPSA) is 250 Å². The molecule has 2 atom stereocenters. The first-order valence-electron chi connectivity index (χ1n) is 18.4. The Morgan fingerprint density at radius 3 is 1.51 bits per heavy atom. The molecule has 6 rings (SSSR count). The molecule has 4 aromatic carbocycles. The lowest BCUT2D eigenvalue weighted by Crippen LogP contribution is -2.39. The van der Waals surface area contributed by atoms with Crippen LogP contribution in [0.3, 0.4) is 0 Å². The molecule has 2 aliphatic rings. The Bertz CT molecular complexity index is 2270. The van der Waals surface area contributed by atoms with E-state index in [9.17, 15) is 20.1 Å². The molecule has 8 N–H and O–H groups in total. The zero-order chi connectivity index (χ0) is 41.7. The van der Waals surface area contributed by atoms with Gasteiger partial charge in [0.25, 0.3) is 0 Å². The third-order valence-corrected chi connectivity index (χ3v) is 10.3. The number of hydrogen-bond donors (Lipinski definition) is 6. The molecule has 0 aliphatic carbocycles. The summed E-state index contributed by atoms with van der Waals surface area (Å²) in [7, 11) is 0. The van der Waals surface area contributed by atoms with Crippen LogP contribution in [0.4, 0.5) is 11.4 Å². The minimum atomic E-state index is -0.627. The molecule has 2 amide bonds. The largest absolute Gasteiger partial charge is 0.493 e. The van der Waals surface area contributed by atoms with Crippen molar-refractivity contribution in [3.63, 3.8) is 0 Å². The third-order valence-electron chi connectivity index (χ3n) is 8.55. The number of benzene rings is 4. The summed E-state index contributed by atoms with van der Waals surface area (Å²) in [6.07, 6.45) is -0.987. The van der Waals surface area contributed by atoms with Crippen LogP contribution in [0.1, 0.15) is 59.6 Å². The van der Waals surface area contributed by atoms with Crippen molar-refractivity contribution in [2.24, 2.45) is 31.4 Å². The van der Waals surface area contributed by atoms with Crippen molar-refractivity contribution in [2.45, 2.75) is 32.6 Å². The number of amides is 2. The first-order valence-corrected chi connectivity index (χ1v) is 20.3. The van der Waals surface area contributed by atoms with Crippen LogP contribution in [0.25, 0.3) is 0 Å². The fraction of sp³-hybridized carbons (Fsp3) is 0.220. The molecule has 2 heterocycles. The van der Waals surface area contributed by atoms with Gasteiger partial charge in [-0.25, -0.2) is 20.0 Å². The molecular formula is C41H40N12O4S2. The number of guanidine groups is 2. The Kier molecular flexibility index (Phi) is 14.0. The van der Waals surface area contributed by atoms with Crippen molar-refractivity contribution >= 4 is 69.0 Å². The van der Waals surface area contributed by atoms with E-state index < -0.39 is 12.3 Å². The number of para-hydroxylation sites is 2. The SMILES string of the molecule is CCOc1ccccc1[C@H]1N=C(N)NC(SCC(=O)Nc2ccc(Cc3ccc(NC(=O)CSC4=N[C@@H](c5ccccc5OCC)N=C(N)N4)cc3C#N)c(C#N)c2)=N1. The van der Waals surface area contributed by atoms with E-state index in [-0.39, 0.29) is 41.7 Å². The number of thioether (sulfide) groups is 2. The number of anilines is 2. The average Bonchev–Trinajstić information content (AvgIpc) is 3.23. The lowest BCUT2D eigenvalue weighted by Gasteiger charge is -2.20. The second-order valence-corrected chi connectivity index (χ2v) is 14.6. The molecule has 18 heteroatoms. The lowest BCUT2D eigenvalue weighted by molar-refractivity contribution is -0.114. The molecule has 59 heavy (non-hydrogen) atoms. The predicted molar refractivity (Wildman–Crippen MR) is 232 cm³/mol. The highest BCUT2D eigenvalue weighted by Gasteiger charge is 2.23. The van der Waals surface area contributed by atoms with Gasteiger partial charge in [0.2, 0.25) is 11.8 Å². The highest BCUT2D eigenvalue weighted by atomic mass is 32.2. The van der Waals surface area contributed by atoms with Crippen LogP contribution in [0.2, 0.25) is 0 Å². The van der Waals surface area contributed by atoms with E-state index in [0.29, 0.717) is 68.7 Å². The van der Waals surface area contributed by atoms with Crippen molar-refractivity contribution in [3.05, 3.63) is 118 Å². The fourth-order valence-electron chi connectivity index (χ4n) is 5.97. The number of nitrogens with two attached hydrogens (primary N) is 2. The quantitative estimate of drug-likeness (QED) is 0.0971. The van der Waals surface area contributed by atoms with Crippen LogP contribution < -0.4 is 42.2 Å². The van der Waals surface area contributed by atoms with Crippen LogP contribution in [-0.2, 0) is 16.0 Å². The highest BCUT2D eigenvalue weighted by molar-refractivity contribution is 8.14. The molecule has 0 aromatic heterocycles. The number of carbonyl (C=O) groups is 2. The van der Waals surface area contributed by atoms with Crippen molar-refractivity contribution in [1.82, 2.24) is 10.6 Å². The number of ether oxygens (including phenoxy) is 2. The van der Waals surface area contributed by atoms with E-state index >= 15 is 0 Å². The average molecular weight is 829 g/mol. The lowest BCUT2D eigenvalue weighted by atomic mass is 9.96. The van der Waals surface area contributed by atoms with E-state index in [2.05, 4.69) is 53.4 Å². The fourth-order valence-corrected chi connectivity index (χ4v) is 7.35. The van der Waals surface area contributed by atoms with Gasteiger partial charge in [-0.1, -0.05) is 72.1 Å². The van der Waals surface area contributed by atoms with Gasteiger partial charge in [0.15, 0.2) is 34.6 Å². The summed E-state index contributed by atoms with van der Waals surface area (Å²) >= 11 is 2.32. The maximum absolute atomic E-state index is 13.0. The summed E-state index contributed by atoms with van der Waals surface area (Å²) in [6.45, 7) is 4.75. The van der Waals surface area contributed by atoms with Crippen molar-refractivity contribution < 1.29 is 19.1 Å². The van der Waals surface area contributed by atoms with Gasteiger partial charge in [0.05, 0.1) is 48.0 Å². The molecule has 0 bridgehead atoms. The Labute approximate surface area is 349 Å². The summed E-state index contributed by atoms with van der Waals surface area (Å²) in [5.41, 5.74) is 16.4. The van der Waals surface area contributed by atoms with E-state index in [1.165, 1.54) is 0 Å². The predicted octanol–water partition coefficient (Wildman–Crippen LogP) is 5.11. The van der Waals surface area contributed by atoms with Gasteiger partial charge in [0, 0.05) is 28.9 Å². The summed E-state index contributed by atoms with van der Waals surface area (Å²) < 4.78 is 11.4. The van der Waals surface area contributed by atoms with Gasteiger partial charge >= 0.3 is 0 Å². The summed E-state index contributed by atoms with van der Waals surface area (Å²) in [4.78, 5) is 43.9. The number of nitrogens with zero attached hydrogens (tertiary/aromatic N) is 6. The van der Waals surface area contributed by atoms with Gasteiger partial charge in [-0.05, 0) is 61.4 Å². The first kappa shape index (κ1) is 41.6. The molecule has 4 aromatic rings. The van der Waals surface area contributed by atoms with Crippen LogP contribution in [0.15, 0.2) is 105 Å². The number of hydrogen-bond acceptors (Lipinski definition) is 16. The van der Waals surface area contributed by atoms with Crippen LogP contribution in [0, 0.1) is 22.7 Å². The van der Waals surface area contributed by atoms with Gasteiger partial charge < -0.3 is 42.2 Å². The van der Waals surface area contributed by atoms with Gasteiger partial charge in [-0.3, -0.25) is 9.59 Å². The van der Waals surface area contributed by atoms with Crippen LogP contribution in [-0.4, -0.2) is 58.8 Å². The third kappa shape index (κ3) is 11.1. The Morgan fingerprint density at radius 2 is 1.10 bits per heavy atom. The monoisotopic (exact) mass is 828 g/mol. The number of nitriles is 2. The number of aliphatic imine (C=N–C) groups is 4. The summed E-state index contributed by atoms with van der Waals surface area (Å²) in [6, 6.07) is 29.3. The van der Waals surface area contributed by atoms with Crippen LogP contribution >= 0.6 is 23.5 Å². The second-order valence-electron chi connectivity index (χ2n) is 12.7. The summed E-state index contributed by atoms with van der Waals surface area (Å²) in [5, 5.41) is 32.3. The molecule has 0 saturated carbocycles. The second kappa shape index (κ2) is 19.9. The van der Waals surface area contributed by atoms with Crippen LogP contribution in [0.5, 0.6) is 11.5 Å². The molecular weight excluding hydrogens is 789 g/mol. The zero-order valence-electron chi connectivity index (χ0n) is 32.1. The van der Waals surface area contributed by atoms with Gasteiger partial charge in [-0.15, -0.1) is 0 Å². The van der Waals surface area contributed by atoms with Crippen molar-refractivity contribution in [3.8, 4) is 23.6 Å². The van der Waals surface area contributed by atoms with E-state index in [4.69, 9.17) is 20.9 Å². The molecule has 2 aliphatic heterocycles. The van der Waals surface area contributed by atoms with E-state index in [0.717, 1.165) is 34.7 Å². The number of nitrogens with one attached hydrogen (secondary N) is 4. The molecule has 0 saturated heterocycles. The number of carbonyl (C=O) groups excluding carboxylic acids is 2. The summed E-state index contributed by atoms with van der Waals surface area (Å²) in [5.74, 6) is 1.02. The zero-order valence-corrected chi connectivity index (χ0v) is 33.7. The minimum absolute atomic E-state index is 0.00915. The number of amidine groups is 2. The maximum atomic E-state index is 13.0. The molecule has 0 radical (unpaired) electrons. The maximum Gasteiger partial charge on any atom is 0.234 e. The van der Waals surface area contributed by atoms with Gasteiger partial charge in [-0.2, -0.15) is 10.5 Å². The first-order chi connectivity index (χ1) is 28.7. The van der Waals surface area contributed by atoms with E-state index in [1.54, 1.807) is 36.4 Å². The molecule has 0 fully saturated rings.